The topological polar surface area (TPSA) is 47.3 Å². The van der Waals surface area contributed by atoms with Crippen molar-refractivity contribution in [1.82, 2.24) is 5.32 Å². The van der Waals surface area contributed by atoms with Gasteiger partial charge >= 0.3 is 0 Å². The molecule has 3 nitrogen and oxygen atoms in total. The van der Waals surface area contributed by atoms with Gasteiger partial charge in [-0.3, -0.25) is 0 Å². The van der Waals surface area contributed by atoms with E-state index in [-0.39, 0.29) is 6.04 Å². The Morgan fingerprint density at radius 1 is 1.57 bits per heavy atom. The second kappa shape index (κ2) is 3.98. The molecule has 0 radical (unpaired) electrons. The van der Waals surface area contributed by atoms with Gasteiger partial charge in [0, 0.05) is 19.0 Å². The molecule has 0 saturated carbocycles. The van der Waals surface area contributed by atoms with Gasteiger partial charge in [0.2, 0.25) is 0 Å². The molecule has 1 heterocycles. The summed E-state index contributed by atoms with van der Waals surface area (Å²) in [4.78, 5) is 0. The number of benzene rings is 1. The molecular weight excluding hydrogens is 176 g/mol. The largest absolute Gasteiger partial charge is 0.493 e. The van der Waals surface area contributed by atoms with Gasteiger partial charge in [-0.1, -0.05) is 12.1 Å². The number of fused-ring (bicyclic) bond motifs is 1. The van der Waals surface area contributed by atoms with Gasteiger partial charge in [0.15, 0.2) is 0 Å². The maximum absolute atomic E-state index is 6.00. The van der Waals surface area contributed by atoms with E-state index in [1.807, 2.05) is 19.2 Å². The smallest absolute Gasteiger partial charge is 0.122 e. The van der Waals surface area contributed by atoms with E-state index in [2.05, 4.69) is 11.4 Å². The average Bonchev–Trinajstić information content (AvgIpc) is 2.64. The molecule has 3 N–H and O–H groups in total. The molecule has 0 spiro atoms. The number of hydrogen-bond acceptors (Lipinski definition) is 3. The first-order chi connectivity index (χ1) is 6.81. The van der Waals surface area contributed by atoms with Crippen molar-refractivity contribution in [3.63, 3.8) is 0 Å². The summed E-state index contributed by atoms with van der Waals surface area (Å²) < 4.78 is 5.44. The molecule has 0 amide bonds. The van der Waals surface area contributed by atoms with Crippen molar-refractivity contribution in [3.8, 4) is 5.75 Å². The molecule has 1 aliphatic rings. The second-order valence-electron chi connectivity index (χ2n) is 3.63. The number of hydrogen-bond donors (Lipinski definition) is 2. The molecule has 3 heteroatoms. The second-order valence-corrected chi connectivity index (χ2v) is 3.63. The normalized spacial score (nSPS) is 16.1. The van der Waals surface area contributed by atoms with Crippen LogP contribution in [-0.2, 0) is 6.42 Å². The molecule has 14 heavy (non-hydrogen) atoms. The summed E-state index contributed by atoms with van der Waals surface area (Å²) in [5.41, 5.74) is 8.47. The monoisotopic (exact) mass is 192 g/mol. The van der Waals surface area contributed by atoms with Crippen LogP contribution >= 0.6 is 0 Å². The number of likely N-dealkylation sites (N-methyl/N-ethyl adjacent to an activating group) is 1. The Morgan fingerprint density at radius 3 is 3.21 bits per heavy atom. The summed E-state index contributed by atoms with van der Waals surface area (Å²) in [6.45, 7) is 1.61. The molecule has 1 unspecified atom stereocenters. The lowest BCUT2D eigenvalue weighted by Crippen LogP contribution is -2.23. The SMILES string of the molecule is CNCC(N)c1ccc2c(c1)CCO2. The van der Waals surface area contributed by atoms with Gasteiger partial charge in [0.1, 0.15) is 5.75 Å². The van der Waals surface area contributed by atoms with E-state index in [1.54, 1.807) is 0 Å². The van der Waals surface area contributed by atoms with Gasteiger partial charge in [-0.25, -0.2) is 0 Å². The van der Waals surface area contributed by atoms with Crippen LogP contribution in [0.25, 0.3) is 0 Å². The third-order valence-corrected chi connectivity index (χ3v) is 2.57. The Bertz CT molecular complexity index is 325. The van der Waals surface area contributed by atoms with E-state index in [0.29, 0.717) is 0 Å². The minimum Gasteiger partial charge on any atom is -0.493 e. The number of nitrogens with two attached hydrogens (primary N) is 1. The zero-order valence-corrected chi connectivity index (χ0v) is 8.42. The molecule has 0 bridgehead atoms. The van der Waals surface area contributed by atoms with Crippen LogP contribution in [0.5, 0.6) is 5.75 Å². The maximum Gasteiger partial charge on any atom is 0.122 e. The Kier molecular flexibility index (Phi) is 2.70. The van der Waals surface area contributed by atoms with Crippen molar-refractivity contribution in [2.24, 2.45) is 5.73 Å². The van der Waals surface area contributed by atoms with Crippen LogP contribution in [0.15, 0.2) is 18.2 Å². The summed E-state index contributed by atoms with van der Waals surface area (Å²) >= 11 is 0. The van der Waals surface area contributed by atoms with E-state index in [1.165, 1.54) is 11.1 Å². The highest BCUT2D eigenvalue weighted by Crippen LogP contribution is 2.27. The van der Waals surface area contributed by atoms with Gasteiger partial charge in [-0.2, -0.15) is 0 Å². The van der Waals surface area contributed by atoms with Crippen LogP contribution in [0, 0.1) is 0 Å². The molecule has 76 valence electrons. The molecule has 0 aliphatic carbocycles. The standard InChI is InChI=1S/C11H16N2O/c1-13-7-10(12)8-2-3-11-9(6-8)4-5-14-11/h2-3,6,10,13H,4-5,7,12H2,1H3. The molecule has 2 rings (SSSR count). The van der Waals surface area contributed by atoms with E-state index in [9.17, 15) is 0 Å². The van der Waals surface area contributed by atoms with Gasteiger partial charge in [0.25, 0.3) is 0 Å². The zero-order valence-electron chi connectivity index (χ0n) is 8.42. The minimum absolute atomic E-state index is 0.0749. The van der Waals surface area contributed by atoms with E-state index >= 15 is 0 Å². The van der Waals surface area contributed by atoms with Gasteiger partial charge in [-0.15, -0.1) is 0 Å². The van der Waals surface area contributed by atoms with Gasteiger partial charge in [0.05, 0.1) is 6.61 Å². The van der Waals surface area contributed by atoms with Crippen LogP contribution in [0.3, 0.4) is 0 Å². The van der Waals surface area contributed by atoms with Crippen LogP contribution in [-0.4, -0.2) is 20.2 Å². The fraction of sp³-hybridized carbons (Fsp3) is 0.455. The van der Waals surface area contributed by atoms with Crippen molar-refractivity contribution in [3.05, 3.63) is 29.3 Å². The highest BCUT2D eigenvalue weighted by molar-refractivity contribution is 5.40. The quantitative estimate of drug-likeness (QED) is 0.746. The van der Waals surface area contributed by atoms with Gasteiger partial charge in [-0.05, 0) is 24.2 Å². The Hall–Kier alpha value is -1.06. The third kappa shape index (κ3) is 1.74. The molecule has 1 aliphatic heterocycles. The Balaban J connectivity index is 2.19. The van der Waals surface area contributed by atoms with Crippen molar-refractivity contribution in [2.45, 2.75) is 12.5 Å². The van der Waals surface area contributed by atoms with Crippen molar-refractivity contribution in [2.75, 3.05) is 20.2 Å². The van der Waals surface area contributed by atoms with Crippen LogP contribution in [0.1, 0.15) is 17.2 Å². The molecule has 0 aromatic heterocycles. The number of ether oxygens (including phenoxy) is 1. The lowest BCUT2D eigenvalue weighted by Gasteiger charge is -2.12. The predicted octanol–water partition coefficient (Wildman–Crippen LogP) is 0.841. The molecule has 1 atom stereocenters. The first kappa shape index (κ1) is 9.49. The highest BCUT2D eigenvalue weighted by atomic mass is 16.5. The maximum atomic E-state index is 6.00. The highest BCUT2D eigenvalue weighted by Gasteiger charge is 2.14. The summed E-state index contributed by atoms with van der Waals surface area (Å²) in [6, 6.07) is 6.30. The van der Waals surface area contributed by atoms with E-state index in [4.69, 9.17) is 10.5 Å². The molecule has 0 saturated heterocycles. The lowest BCUT2D eigenvalue weighted by molar-refractivity contribution is 0.357. The fourth-order valence-corrected chi connectivity index (χ4v) is 1.77. The van der Waals surface area contributed by atoms with E-state index < -0.39 is 0 Å². The molecule has 1 aromatic rings. The van der Waals surface area contributed by atoms with Crippen molar-refractivity contribution < 1.29 is 4.74 Å². The first-order valence-corrected chi connectivity index (χ1v) is 4.97. The summed E-state index contributed by atoms with van der Waals surface area (Å²) in [7, 11) is 1.91. The third-order valence-electron chi connectivity index (χ3n) is 2.57. The lowest BCUT2D eigenvalue weighted by atomic mass is 10.0. The predicted molar refractivity (Wildman–Crippen MR) is 56.5 cm³/mol. The summed E-state index contributed by atoms with van der Waals surface area (Å²) in [6.07, 6.45) is 1.01. The van der Waals surface area contributed by atoms with Crippen LogP contribution in [0.4, 0.5) is 0 Å². The van der Waals surface area contributed by atoms with Crippen molar-refractivity contribution in [1.29, 1.82) is 0 Å². The molecule has 1 aromatic carbocycles. The summed E-state index contributed by atoms with van der Waals surface area (Å²) in [5, 5.41) is 3.08. The Morgan fingerprint density at radius 2 is 2.43 bits per heavy atom. The first-order valence-electron chi connectivity index (χ1n) is 4.97. The van der Waals surface area contributed by atoms with Gasteiger partial charge < -0.3 is 15.8 Å². The average molecular weight is 192 g/mol. The minimum atomic E-state index is 0.0749. The van der Waals surface area contributed by atoms with E-state index in [0.717, 1.165) is 25.3 Å². The summed E-state index contributed by atoms with van der Waals surface area (Å²) in [5.74, 6) is 1.02. The molecular formula is C11H16N2O. The van der Waals surface area contributed by atoms with Crippen LogP contribution in [0.2, 0.25) is 0 Å². The fourth-order valence-electron chi connectivity index (χ4n) is 1.77. The van der Waals surface area contributed by atoms with Crippen LogP contribution < -0.4 is 15.8 Å². The molecule has 0 fully saturated rings. The number of rotatable bonds is 3. The van der Waals surface area contributed by atoms with Crippen molar-refractivity contribution >= 4 is 0 Å². The Labute approximate surface area is 84.3 Å². The number of nitrogens with one attached hydrogen (secondary N) is 1. The zero-order chi connectivity index (χ0) is 9.97.